The topological polar surface area (TPSA) is 228 Å². The summed E-state index contributed by atoms with van der Waals surface area (Å²) in [6.07, 6.45) is 56.5. The van der Waals surface area contributed by atoms with Gasteiger partial charge in [-0.2, -0.15) is 0 Å². The van der Waals surface area contributed by atoms with E-state index in [1.165, 1.54) is 180 Å². The van der Waals surface area contributed by atoms with Crippen LogP contribution in [0.15, 0.2) is 60.8 Å². The van der Waals surface area contributed by atoms with E-state index in [1.54, 1.807) is 0 Å². The van der Waals surface area contributed by atoms with Crippen LogP contribution in [-0.2, 0) is 23.7 Å². The maximum absolute atomic E-state index is 13.4. The van der Waals surface area contributed by atoms with E-state index < -0.39 is 86.8 Å². The molecule has 0 spiro atoms. The Morgan fingerprint density at radius 2 is 0.812 bits per heavy atom. The number of aliphatic hydroxyl groups excluding tert-OH is 8. The molecule has 85 heavy (non-hydrogen) atoms. The Balaban J connectivity index is 1.65. The van der Waals surface area contributed by atoms with Gasteiger partial charge in [0.2, 0.25) is 5.91 Å². The van der Waals surface area contributed by atoms with Gasteiger partial charge in [0.25, 0.3) is 0 Å². The third-order valence-corrected chi connectivity index (χ3v) is 17.0. The van der Waals surface area contributed by atoms with E-state index in [2.05, 4.69) is 79.9 Å². The summed E-state index contributed by atoms with van der Waals surface area (Å²) in [5, 5.41) is 87.6. The van der Waals surface area contributed by atoms with Crippen molar-refractivity contribution < 1.29 is 64.6 Å². The number of hydrogen-bond acceptors (Lipinski definition) is 13. The molecular weight excluding hydrogens is 1070 g/mol. The van der Waals surface area contributed by atoms with Gasteiger partial charge in [-0.15, -0.1) is 0 Å². The van der Waals surface area contributed by atoms with Crippen molar-refractivity contribution in [3.63, 3.8) is 0 Å². The lowest BCUT2D eigenvalue weighted by atomic mass is 9.97. The van der Waals surface area contributed by atoms with Crippen LogP contribution in [0.3, 0.4) is 0 Å². The van der Waals surface area contributed by atoms with Crippen molar-refractivity contribution in [3.8, 4) is 0 Å². The molecule has 14 nitrogen and oxygen atoms in total. The Morgan fingerprint density at radius 1 is 0.435 bits per heavy atom. The van der Waals surface area contributed by atoms with Crippen LogP contribution >= 0.6 is 0 Å². The van der Waals surface area contributed by atoms with Gasteiger partial charge in [-0.05, 0) is 57.8 Å². The smallest absolute Gasteiger partial charge is 0.220 e. The van der Waals surface area contributed by atoms with Crippen molar-refractivity contribution in [3.05, 3.63) is 60.8 Å². The van der Waals surface area contributed by atoms with Crippen molar-refractivity contribution in [2.75, 3.05) is 19.8 Å². The van der Waals surface area contributed by atoms with E-state index in [0.717, 1.165) is 83.5 Å². The van der Waals surface area contributed by atoms with Gasteiger partial charge in [0.15, 0.2) is 12.6 Å². The van der Waals surface area contributed by atoms with E-state index in [-0.39, 0.29) is 12.5 Å². The molecule has 1 amide bonds. The number of carbonyl (C=O) groups excluding carboxylic acids is 1. The molecule has 2 fully saturated rings. The molecule has 0 aliphatic carbocycles. The monoisotopic (exact) mass is 1200 g/mol. The second-order valence-electron chi connectivity index (χ2n) is 24.6. The minimum absolute atomic E-state index is 0.205. The molecule has 0 saturated carbocycles. The number of rotatable bonds is 57. The largest absolute Gasteiger partial charge is 0.394 e. The minimum atomic E-state index is -1.78. The molecule has 2 saturated heterocycles. The van der Waals surface area contributed by atoms with E-state index in [9.17, 15) is 45.6 Å². The molecule has 496 valence electrons. The van der Waals surface area contributed by atoms with Crippen molar-refractivity contribution in [2.45, 2.75) is 364 Å². The molecule has 2 aliphatic heterocycles. The maximum atomic E-state index is 13.4. The Morgan fingerprint density at radius 3 is 1.25 bits per heavy atom. The number of hydrogen-bond donors (Lipinski definition) is 9. The predicted molar refractivity (Wildman–Crippen MR) is 346 cm³/mol. The lowest BCUT2D eigenvalue weighted by molar-refractivity contribution is -0.359. The first kappa shape index (κ1) is 78.8. The summed E-state index contributed by atoms with van der Waals surface area (Å²) in [5.41, 5.74) is 0. The van der Waals surface area contributed by atoms with Gasteiger partial charge in [0.1, 0.15) is 48.8 Å². The molecular formula is C71H129NO13. The SMILES string of the molecule is CC/C=C\C/C=C\C/C=C\C/C=C\C/C=C\CCCCCCCCCCCCCCCCCC(=O)NC(COC1OC(CO)C(OC2OC(CO)C(O)C(O)C2O)C(O)C1O)C(O)CCCCCCCCCCCCCCCCCCCCCC. The Kier molecular flexibility index (Phi) is 51.7. The van der Waals surface area contributed by atoms with Crippen molar-refractivity contribution in [2.24, 2.45) is 0 Å². The third-order valence-electron chi connectivity index (χ3n) is 17.0. The highest BCUT2D eigenvalue weighted by atomic mass is 16.7. The first-order valence-corrected chi connectivity index (χ1v) is 35.0. The van der Waals surface area contributed by atoms with E-state index >= 15 is 0 Å². The quantitative estimate of drug-likeness (QED) is 0.0204. The molecule has 0 aromatic heterocycles. The van der Waals surface area contributed by atoms with E-state index in [1.807, 2.05) is 0 Å². The number of carbonyl (C=O) groups is 1. The summed E-state index contributed by atoms with van der Waals surface area (Å²) < 4.78 is 22.9. The summed E-state index contributed by atoms with van der Waals surface area (Å²) in [5.74, 6) is -0.205. The van der Waals surface area contributed by atoms with Gasteiger partial charge in [0.05, 0.1) is 32.0 Å². The van der Waals surface area contributed by atoms with Crippen LogP contribution in [0.4, 0.5) is 0 Å². The van der Waals surface area contributed by atoms with Gasteiger partial charge in [0, 0.05) is 6.42 Å². The van der Waals surface area contributed by atoms with Crippen LogP contribution in [0.2, 0.25) is 0 Å². The molecule has 0 aromatic rings. The third kappa shape index (κ3) is 40.1. The Bertz CT molecular complexity index is 1660. The average Bonchev–Trinajstić information content (AvgIpc) is 3.68. The van der Waals surface area contributed by atoms with Crippen LogP contribution in [0, 0.1) is 0 Å². The zero-order valence-corrected chi connectivity index (χ0v) is 53.8. The number of allylic oxidation sites excluding steroid dienone is 10. The van der Waals surface area contributed by atoms with Gasteiger partial charge in [-0.3, -0.25) is 4.79 Å². The maximum Gasteiger partial charge on any atom is 0.220 e. The van der Waals surface area contributed by atoms with Crippen molar-refractivity contribution in [1.82, 2.24) is 5.32 Å². The molecule has 2 rings (SSSR count). The lowest BCUT2D eigenvalue weighted by Crippen LogP contribution is -2.65. The number of ether oxygens (including phenoxy) is 4. The lowest BCUT2D eigenvalue weighted by Gasteiger charge is -2.46. The molecule has 2 heterocycles. The Labute approximate surface area is 517 Å². The molecule has 2 aliphatic rings. The fraction of sp³-hybridized carbons (Fsp3) is 0.845. The number of amides is 1. The van der Waals surface area contributed by atoms with Crippen molar-refractivity contribution >= 4 is 5.91 Å². The van der Waals surface area contributed by atoms with Gasteiger partial charge < -0.3 is 65.1 Å². The molecule has 0 aromatic carbocycles. The highest BCUT2D eigenvalue weighted by molar-refractivity contribution is 5.76. The summed E-state index contributed by atoms with van der Waals surface area (Å²) in [4.78, 5) is 13.4. The number of nitrogens with one attached hydrogen (secondary N) is 1. The van der Waals surface area contributed by atoms with Crippen LogP contribution in [0.25, 0.3) is 0 Å². The van der Waals surface area contributed by atoms with Gasteiger partial charge in [-0.25, -0.2) is 0 Å². The summed E-state index contributed by atoms with van der Waals surface area (Å²) in [6.45, 7) is 2.78. The molecule has 9 N–H and O–H groups in total. The number of aliphatic hydroxyl groups is 8. The molecule has 12 unspecified atom stereocenters. The average molecular weight is 1200 g/mol. The molecule has 12 atom stereocenters. The zero-order chi connectivity index (χ0) is 61.6. The first-order chi connectivity index (χ1) is 41.6. The van der Waals surface area contributed by atoms with Crippen LogP contribution in [0.5, 0.6) is 0 Å². The molecule has 0 bridgehead atoms. The molecule has 14 heteroatoms. The molecule has 0 radical (unpaired) electrons. The second-order valence-corrected chi connectivity index (χ2v) is 24.6. The highest BCUT2D eigenvalue weighted by Gasteiger charge is 2.51. The van der Waals surface area contributed by atoms with Crippen LogP contribution in [-0.4, -0.2) is 140 Å². The first-order valence-electron chi connectivity index (χ1n) is 35.0. The van der Waals surface area contributed by atoms with Crippen LogP contribution < -0.4 is 5.32 Å². The number of unbranched alkanes of at least 4 members (excludes halogenated alkanes) is 34. The Hall–Kier alpha value is -2.31. The summed E-state index contributed by atoms with van der Waals surface area (Å²) in [7, 11) is 0. The standard InChI is InChI=1S/C71H129NO13/c1-3-5-7-9-11-13-15-17-19-21-23-25-26-27-28-29-30-31-32-33-34-35-37-39-41-43-45-47-49-51-53-55-63(76)72-59(60(75)54-52-50-48-46-44-42-40-38-36-24-22-20-18-16-14-12-10-8-6-4-2)58-82-70-68(81)66(79)69(62(57-74)84-70)85-71-67(80)65(78)64(77)61(56-73)83-71/h5,7,11,13,17,19,23,25,27-28,59-62,64-71,73-75,77-81H,3-4,6,8-10,12,14-16,18,20-22,24,26,29-58H2,1-2H3,(H,72,76)/b7-5-,13-11-,19-17-,25-23-,28-27-. The predicted octanol–water partition coefficient (Wildman–Crippen LogP) is 14.1. The summed E-state index contributed by atoms with van der Waals surface area (Å²) >= 11 is 0. The van der Waals surface area contributed by atoms with Gasteiger partial charge in [-0.1, -0.05) is 286 Å². The van der Waals surface area contributed by atoms with E-state index in [0.29, 0.717) is 12.8 Å². The van der Waals surface area contributed by atoms with Gasteiger partial charge >= 0.3 is 0 Å². The normalized spacial score (nSPS) is 23.9. The van der Waals surface area contributed by atoms with Crippen LogP contribution in [0.1, 0.15) is 290 Å². The second kappa shape index (κ2) is 55.7. The summed E-state index contributed by atoms with van der Waals surface area (Å²) in [6, 6.07) is -0.831. The van der Waals surface area contributed by atoms with Crippen molar-refractivity contribution in [1.29, 1.82) is 0 Å². The van der Waals surface area contributed by atoms with E-state index in [4.69, 9.17) is 18.9 Å². The fourth-order valence-electron chi connectivity index (χ4n) is 11.4. The fourth-order valence-corrected chi connectivity index (χ4v) is 11.4. The minimum Gasteiger partial charge on any atom is -0.394 e. The zero-order valence-electron chi connectivity index (χ0n) is 53.8. The highest BCUT2D eigenvalue weighted by Crippen LogP contribution is 2.30.